The molecule has 2 N–H and O–H groups in total. The smallest absolute Gasteiger partial charge is 0.335 e. The van der Waals surface area contributed by atoms with Crippen LogP contribution in [0, 0.1) is 17.8 Å². The van der Waals surface area contributed by atoms with E-state index in [1.807, 2.05) is 27.7 Å². The second kappa shape index (κ2) is 8.61. The predicted octanol–water partition coefficient (Wildman–Crippen LogP) is 4.48. The zero-order valence-corrected chi connectivity index (χ0v) is 18.0. The lowest BCUT2D eigenvalue weighted by molar-refractivity contribution is -0.148. The van der Waals surface area contributed by atoms with Crippen LogP contribution in [0.1, 0.15) is 55.9 Å². The number of hydrogen-bond acceptors (Lipinski definition) is 5. The number of aromatic carboxylic acids is 1. The van der Waals surface area contributed by atoms with E-state index in [1.54, 1.807) is 6.07 Å². The molecule has 2 unspecified atom stereocenters. The van der Waals surface area contributed by atoms with E-state index in [4.69, 9.17) is 0 Å². The summed E-state index contributed by atoms with van der Waals surface area (Å²) in [6.07, 6.45) is 0.606. The third-order valence-electron chi connectivity index (χ3n) is 4.73. The Morgan fingerprint density at radius 1 is 1.14 bits per heavy atom. The van der Waals surface area contributed by atoms with E-state index in [9.17, 15) is 24.6 Å². The first-order chi connectivity index (χ1) is 13.0. The molecule has 6 nitrogen and oxygen atoms in total. The predicted molar refractivity (Wildman–Crippen MR) is 112 cm³/mol. The number of carbonyl (C=O) groups excluding carboxylic acids is 1. The number of carboxylic acids is 2. The van der Waals surface area contributed by atoms with Crippen LogP contribution >= 0.6 is 24.0 Å². The summed E-state index contributed by atoms with van der Waals surface area (Å²) in [6.45, 7) is 7.68. The number of hydrogen-bond donors (Lipinski definition) is 3. The monoisotopic (exact) mass is 423 g/mol. The lowest BCUT2D eigenvalue weighted by Crippen LogP contribution is -2.46. The molecule has 0 bridgehead atoms. The Balaban J connectivity index is 2.76. The highest BCUT2D eigenvalue weighted by Gasteiger charge is 2.51. The molecule has 2 aromatic rings. The topological polar surface area (TPSA) is 105 Å². The Morgan fingerprint density at radius 3 is 2.25 bits per heavy atom. The van der Waals surface area contributed by atoms with Gasteiger partial charge in [-0.25, -0.2) is 9.78 Å². The van der Waals surface area contributed by atoms with Gasteiger partial charge < -0.3 is 10.2 Å². The summed E-state index contributed by atoms with van der Waals surface area (Å²) < 4.78 is 0.705. The molecule has 1 heterocycles. The minimum absolute atomic E-state index is 0.0340. The molecule has 28 heavy (non-hydrogen) atoms. The van der Waals surface area contributed by atoms with Crippen LogP contribution in [0.3, 0.4) is 0 Å². The van der Waals surface area contributed by atoms with Crippen molar-refractivity contribution in [2.75, 3.05) is 0 Å². The zero-order chi connectivity index (χ0) is 21.2. The van der Waals surface area contributed by atoms with E-state index in [0.29, 0.717) is 28.1 Å². The molecular formula is C20H25NO5S2. The fraction of sp³-hybridized carbons (Fsp3) is 0.500. The van der Waals surface area contributed by atoms with Crippen LogP contribution in [0.15, 0.2) is 18.2 Å². The Hall–Kier alpha value is -1.93. The number of thiol groups is 1. The molecule has 0 saturated heterocycles. The van der Waals surface area contributed by atoms with Crippen molar-refractivity contribution in [3.63, 3.8) is 0 Å². The van der Waals surface area contributed by atoms with E-state index in [0.717, 1.165) is 0 Å². The summed E-state index contributed by atoms with van der Waals surface area (Å²) in [4.78, 5) is 40.9. The average molecular weight is 424 g/mol. The molecule has 0 radical (unpaired) electrons. The van der Waals surface area contributed by atoms with E-state index < -0.39 is 28.4 Å². The summed E-state index contributed by atoms with van der Waals surface area (Å²) in [5, 5.41) is 19.1. The van der Waals surface area contributed by atoms with Gasteiger partial charge >= 0.3 is 11.9 Å². The first-order valence-corrected chi connectivity index (χ1v) is 10.4. The molecule has 1 aromatic heterocycles. The number of aliphatic carboxylic acids is 1. The van der Waals surface area contributed by atoms with E-state index in [1.165, 1.54) is 23.5 Å². The highest BCUT2D eigenvalue weighted by Crippen LogP contribution is 2.46. The molecule has 0 aliphatic rings. The van der Waals surface area contributed by atoms with E-state index in [-0.39, 0.29) is 17.4 Å². The van der Waals surface area contributed by atoms with Gasteiger partial charge in [0.05, 0.1) is 21.7 Å². The van der Waals surface area contributed by atoms with Gasteiger partial charge in [-0.15, -0.1) is 24.0 Å². The summed E-state index contributed by atoms with van der Waals surface area (Å²) in [6, 6.07) is 4.56. The molecule has 8 heteroatoms. The summed E-state index contributed by atoms with van der Waals surface area (Å²) in [5.74, 6) is -3.00. The van der Waals surface area contributed by atoms with Crippen molar-refractivity contribution in [2.45, 2.75) is 46.0 Å². The van der Waals surface area contributed by atoms with Crippen LogP contribution in [0.4, 0.5) is 0 Å². The van der Waals surface area contributed by atoms with Gasteiger partial charge in [0, 0.05) is 0 Å². The molecule has 0 spiro atoms. The molecule has 1 aromatic carbocycles. The van der Waals surface area contributed by atoms with Crippen molar-refractivity contribution in [1.29, 1.82) is 0 Å². The van der Waals surface area contributed by atoms with Gasteiger partial charge in [-0.05, 0) is 42.9 Å². The van der Waals surface area contributed by atoms with Crippen molar-refractivity contribution in [1.82, 2.24) is 4.98 Å². The number of thiazole rings is 1. The minimum atomic E-state index is -1.37. The van der Waals surface area contributed by atoms with Gasteiger partial charge in [0.15, 0.2) is 5.12 Å². The Morgan fingerprint density at radius 2 is 1.79 bits per heavy atom. The van der Waals surface area contributed by atoms with Gasteiger partial charge in [-0.2, -0.15) is 0 Å². The standard InChI is InChI=1S/C20H25NO5S2/c1-10(2)7-13(17(24)25)20(19(26)27,9-11(3)4)18-21-14-8-12(16(22)23)5-6-15(14)28-18/h5-6,8,10-11,13H,7,9H2,1-4H3,(H,22,23)(H,24,25)(H,26,27). The van der Waals surface area contributed by atoms with Crippen molar-refractivity contribution in [2.24, 2.45) is 17.8 Å². The highest BCUT2D eigenvalue weighted by atomic mass is 32.1. The van der Waals surface area contributed by atoms with Gasteiger partial charge in [-0.3, -0.25) is 9.59 Å². The van der Waals surface area contributed by atoms with Crippen molar-refractivity contribution >= 4 is 51.2 Å². The quantitative estimate of drug-likeness (QED) is 0.514. The fourth-order valence-electron chi connectivity index (χ4n) is 3.59. The molecule has 2 atom stereocenters. The number of carbonyl (C=O) groups is 3. The first kappa shape index (κ1) is 22.4. The highest BCUT2D eigenvalue weighted by molar-refractivity contribution is 7.96. The van der Waals surface area contributed by atoms with Crippen molar-refractivity contribution < 1.29 is 24.6 Å². The van der Waals surface area contributed by atoms with E-state index >= 15 is 0 Å². The van der Waals surface area contributed by atoms with Gasteiger partial charge in [0.25, 0.3) is 0 Å². The molecule has 2 rings (SSSR count). The second-order valence-corrected chi connectivity index (χ2v) is 9.34. The number of fused-ring (bicyclic) bond motifs is 1. The van der Waals surface area contributed by atoms with Crippen LogP contribution in [0.5, 0.6) is 0 Å². The van der Waals surface area contributed by atoms with Crippen LogP contribution < -0.4 is 0 Å². The van der Waals surface area contributed by atoms with Crippen LogP contribution in [-0.2, 0) is 15.0 Å². The van der Waals surface area contributed by atoms with Crippen LogP contribution in [0.2, 0.25) is 0 Å². The normalized spacial score (nSPS) is 15.0. The Bertz CT molecular complexity index is 905. The van der Waals surface area contributed by atoms with Gasteiger partial charge in [0.1, 0.15) is 10.4 Å². The van der Waals surface area contributed by atoms with Gasteiger partial charge in [0.2, 0.25) is 0 Å². The van der Waals surface area contributed by atoms with Crippen LogP contribution in [0.25, 0.3) is 10.2 Å². The van der Waals surface area contributed by atoms with Crippen molar-refractivity contribution in [3.05, 3.63) is 28.8 Å². The summed E-state index contributed by atoms with van der Waals surface area (Å²) in [7, 11) is 0. The third kappa shape index (κ3) is 4.38. The minimum Gasteiger partial charge on any atom is -0.481 e. The molecule has 0 saturated carbocycles. The largest absolute Gasteiger partial charge is 0.481 e. The maximum absolute atomic E-state index is 12.9. The maximum Gasteiger partial charge on any atom is 0.335 e. The lowest BCUT2D eigenvalue weighted by Gasteiger charge is -2.36. The number of carboxylic acid groups (broad SMARTS) is 2. The number of nitrogens with zero attached hydrogens (tertiary/aromatic N) is 1. The molecular weight excluding hydrogens is 398 g/mol. The molecule has 0 aliphatic carbocycles. The number of benzene rings is 1. The van der Waals surface area contributed by atoms with Gasteiger partial charge in [-0.1, -0.05) is 27.7 Å². The van der Waals surface area contributed by atoms with Crippen LogP contribution in [-0.4, -0.2) is 32.3 Å². The second-order valence-electron chi connectivity index (χ2n) is 7.90. The third-order valence-corrected chi connectivity index (χ3v) is 6.34. The molecule has 152 valence electrons. The SMILES string of the molecule is CC(C)CC(C(=O)O)C(CC(C)C)(C(=O)S)c1nc2cc(C(=O)O)ccc2s1. The summed E-state index contributed by atoms with van der Waals surface area (Å²) in [5.41, 5.74) is -0.843. The van der Waals surface area contributed by atoms with Crippen molar-refractivity contribution in [3.8, 4) is 0 Å². The molecule has 0 fully saturated rings. The fourth-order valence-corrected chi connectivity index (χ4v) is 5.21. The Labute approximate surface area is 173 Å². The lowest BCUT2D eigenvalue weighted by atomic mass is 9.68. The molecule has 0 amide bonds. The first-order valence-electron chi connectivity index (χ1n) is 9.09. The Kier molecular flexibility index (Phi) is 6.88. The number of rotatable bonds is 9. The zero-order valence-electron chi connectivity index (χ0n) is 16.3. The van der Waals surface area contributed by atoms with E-state index in [2.05, 4.69) is 17.6 Å². The molecule has 0 aliphatic heterocycles. The summed E-state index contributed by atoms with van der Waals surface area (Å²) >= 11 is 5.36. The average Bonchev–Trinajstić information content (AvgIpc) is 3.00. The number of aromatic nitrogens is 1. The maximum atomic E-state index is 12.9.